The number of aryl methyl sites for hydroxylation is 1. The molecule has 0 unspecified atom stereocenters. The van der Waals surface area contributed by atoms with Crippen LogP contribution < -0.4 is 5.73 Å². The van der Waals surface area contributed by atoms with Gasteiger partial charge in [0.2, 0.25) is 0 Å². The predicted octanol–water partition coefficient (Wildman–Crippen LogP) is 3.06. The number of hydrogen-bond donors (Lipinski definition) is 1. The Hall–Kier alpha value is -0.530. The van der Waals surface area contributed by atoms with Gasteiger partial charge in [0.1, 0.15) is 0 Å². The second-order valence-electron chi connectivity index (χ2n) is 3.83. The van der Waals surface area contributed by atoms with E-state index in [-0.39, 0.29) is 6.04 Å². The molecule has 1 aromatic rings. The average molecular weight is 196 g/mol. The second kappa shape index (κ2) is 3.32. The first-order valence-electron chi connectivity index (χ1n) is 4.70. The van der Waals surface area contributed by atoms with Gasteiger partial charge in [0.15, 0.2) is 0 Å². The molecule has 1 aromatic carbocycles. The predicted molar refractivity (Wildman–Crippen MR) is 55.8 cm³/mol. The van der Waals surface area contributed by atoms with E-state index < -0.39 is 0 Å². The second-order valence-corrected chi connectivity index (χ2v) is 4.24. The lowest BCUT2D eigenvalue weighted by atomic mass is 9.98. The first-order valence-corrected chi connectivity index (χ1v) is 5.08. The Bertz CT molecular complexity index is 298. The highest BCUT2D eigenvalue weighted by Crippen LogP contribution is 2.42. The summed E-state index contributed by atoms with van der Waals surface area (Å²) in [5, 5.41) is 0.819. The van der Waals surface area contributed by atoms with Crippen LogP contribution in [0.15, 0.2) is 18.2 Å². The lowest BCUT2D eigenvalue weighted by molar-refractivity contribution is 0.630. The summed E-state index contributed by atoms with van der Waals surface area (Å²) in [5.74, 6) is 0.665. The Morgan fingerprint density at radius 3 is 2.69 bits per heavy atom. The molecular formula is C11H14ClN. The summed E-state index contributed by atoms with van der Waals surface area (Å²) in [7, 11) is 0. The normalized spacial score (nSPS) is 18.7. The number of halogens is 1. The summed E-state index contributed by atoms with van der Waals surface area (Å²) in [6, 6.07) is 6.12. The molecule has 0 spiro atoms. The Morgan fingerprint density at radius 1 is 1.46 bits per heavy atom. The molecule has 2 rings (SSSR count). The molecule has 70 valence electrons. The van der Waals surface area contributed by atoms with Crippen molar-refractivity contribution in [1.82, 2.24) is 0 Å². The molecule has 13 heavy (non-hydrogen) atoms. The van der Waals surface area contributed by atoms with Crippen LogP contribution in [0.5, 0.6) is 0 Å². The van der Waals surface area contributed by atoms with Gasteiger partial charge in [0.25, 0.3) is 0 Å². The van der Waals surface area contributed by atoms with Gasteiger partial charge in [0, 0.05) is 11.1 Å². The molecule has 0 aromatic heterocycles. The zero-order valence-corrected chi connectivity index (χ0v) is 8.51. The van der Waals surface area contributed by atoms with Gasteiger partial charge in [-0.2, -0.15) is 0 Å². The Labute approximate surface area is 83.9 Å². The van der Waals surface area contributed by atoms with Crippen LogP contribution >= 0.6 is 11.6 Å². The van der Waals surface area contributed by atoms with E-state index in [1.165, 1.54) is 18.4 Å². The van der Waals surface area contributed by atoms with Crippen molar-refractivity contribution < 1.29 is 0 Å². The van der Waals surface area contributed by atoms with E-state index in [1.54, 1.807) is 0 Å². The highest BCUT2D eigenvalue weighted by molar-refractivity contribution is 6.31. The smallest absolute Gasteiger partial charge is 0.0456 e. The zero-order chi connectivity index (χ0) is 9.42. The lowest BCUT2D eigenvalue weighted by Gasteiger charge is -2.15. The standard InChI is InChI=1S/C11H14ClN/c1-7-3-2-4-9(12)10(7)11(13)8-5-6-8/h2-4,8,11H,5-6,13H2,1H3/t11-/m1/s1. The van der Waals surface area contributed by atoms with Crippen LogP contribution in [0, 0.1) is 12.8 Å². The number of benzene rings is 1. The van der Waals surface area contributed by atoms with E-state index in [0.29, 0.717) is 5.92 Å². The fourth-order valence-corrected chi connectivity index (χ4v) is 2.11. The van der Waals surface area contributed by atoms with Gasteiger partial charge in [-0.1, -0.05) is 23.7 Å². The largest absolute Gasteiger partial charge is 0.324 e. The van der Waals surface area contributed by atoms with Crippen molar-refractivity contribution >= 4 is 11.6 Å². The zero-order valence-electron chi connectivity index (χ0n) is 7.76. The molecule has 0 bridgehead atoms. The molecule has 1 aliphatic carbocycles. The third-order valence-electron chi connectivity index (χ3n) is 2.73. The number of nitrogens with two attached hydrogens (primary N) is 1. The van der Waals surface area contributed by atoms with Gasteiger partial charge in [-0.3, -0.25) is 0 Å². The topological polar surface area (TPSA) is 26.0 Å². The van der Waals surface area contributed by atoms with Crippen LogP contribution in [-0.2, 0) is 0 Å². The summed E-state index contributed by atoms with van der Waals surface area (Å²) in [6.07, 6.45) is 2.51. The first kappa shape index (κ1) is 9.04. The third-order valence-corrected chi connectivity index (χ3v) is 3.06. The van der Waals surface area contributed by atoms with Gasteiger partial charge in [-0.15, -0.1) is 0 Å². The van der Waals surface area contributed by atoms with Gasteiger partial charge in [0.05, 0.1) is 0 Å². The van der Waals surface area contributed by atoms with E-state index in [9.17, 15) is 0 Å². The summed E-state index contributed by atoms with van der Waals surface area (Å²) >= 11 is 6.12. The Balaban J connectivity index is 2.36. The van der Waals surface area contributed by atoms with Crippen LogP contribution in [-0.4, -0.2) is 0 Å². The van der Waals surface area contributed by atoms with E-state index in [1.807, 2.05) is 12.1 Å². The quantitative estimate of drug-likeness (QED) is 0.772. The molecule has 2 heteroatoms. The van der Waals surface area contributed by atoms with Crippen LogP contribution in [0.2, 0.25) is 5.02 Å². The van der Waals surface area contributed by atoms with Crippen molar-refractivity contribution in [3.8, 4) is 0 Å². The molecule has 1 nitrogen and oxygen atoms in total. The molecule has 1 fully saturated rings. The number of hydrogen-bond acceptors (Lipinski definition) is 1. The van der Waals surface area contributed by atoms with E-state index >= 15 is 0 Å². The molecule has 1 atom stereocenters. The highest BCUT2D eigenvalue weighted by Gasteiger charge is 2.31. The van der Waals surface area contributed by atoms with Crippen molar-refractivity contribution in [2.75, 3.05) is 0 Å². The summed E-state index contributed by atoms with van der Waals surface area (Å²) in [5.41, 5.74) is 8.48. The van der Waals surface area contributed by atoms with Crippen LogP contribution in [0.1, 0.15) is 30.0 Å². The maximum Gasteiger partial charge on any atom is 0.0456 e. The molecule has 0 aliphatic heterocycles. The fourth-order valence-electron chi connectivity index (χ4n) is 1.76. The van der Waals surface area contributed by atoms with E-state index in [4.69, 9.17) is 17.3 Å². The molecule has 1 aliphatic rings. The Kier molecular flexibility index (Phi) is 2.31. The Morgan fingerprint density at radius 2 is 2.15 bits per heavy atom. The lowest BCUT2D eigenvalue weighted by Crippen LogP contribution is -2.14. The minimum absolute atomic E-state index is 0.147. The molecule has 0 amide bonds. The first-order chi connectivity index (χ1) is 6.20. The van der Waals surface area contributed by atoms with E-state index in [0.717, 1.165) is 10.6 Å². The highest BCUT2D eigenvalue weighted by atomic mass is 35.5. The summed E-state index contributed by atoms with van der Waals surface area (Å²) in [6.45, 7) is 2.07. The maximum absolute atomic E-state index is 6.12. The SMILES string of the molecule is Cc1cccc(Cl)c1[C@H](N)C1CC1. The van der Waals surface area contributed by atoms with Gasteiger partial charge in [-0.25, -0.2) is 0 Å². The number of rotatable bonds is 2. The molecular weight excluding hydrogens is 182 g/mol. The van der Waals surface area contributed by atoms with Crippen LogP contribution in [0.25, 0.3) is 0 Å². The minimum Gasteiger partial charge on any atom is -0.324 e. The fraction of sp³-hybridized carbons (Fsp3) is 0.455. The third kappa shape index (κ3) is 1.72. The van der Waals surface area contributed by atoms with E-state index in [2.05, 4.69) is 13.0 Å². The molecule has 1 saturated carbocycles. The van der Waals surface area contributed by atoms with Gasteiger partial charge in [-0.05, 0) is 42.9 Å². The molecule has 2 N–H and O–H groups in total. The summed E-state index contributed by atoms with van der Waals surface area (Å²) < 4.78 is 0. The van der Waals surface area contributed by atoms with Crippen LogP contribution in [0.4, 0.5) is 0 Å². The van der Waals surface area contributed by atoms with Gasteiger partial charge < -0.3 is 5.73 Å². The maximum atomic E-state index is 6.12. The van der Waals surface area contributed by atoms with Crippen LogP contribution in [0.3, 0.4) is 0 Å². The van der Waals surface area contributed by atoms with Crippen molar-refractivity contribution in [2.24, 2.45) is 11.7 Å². The van der Waals surface area contributed by atoms with Crippen molar-refractivity contribution in [1.29, 1.82) is 0 Å². The molecule has 0 saturated heterocycles. The monoisotopic (exact) mass is 195 g/mol. The minimum atomic E-state index is 0.147. The molecule has 0 radical (unpaired) electrons. The average Bonchev–Trinajstić information content (AvgIpc) is 2.85. The van der Waals surface area contributed by atoms with Crippen molar-refractivity contribution in [3.05, 3.63) is 34.3 Å². The summed E-state index contributed by atoms with van der Waals surface area (Å²) in [4.78, 5) is 0. The molecule has 0 heterocycles. The van der Waals surface area contributed by atoms with Gasteiger partial charge >= 0.3 is 0 Å². The van der Waals surface area contributed by atoms with Crippen molar-refractivity contribution in [3.63, 3.8) is 0 Å². The van der Waals surface area contributed by atoms with Crippen molar-refractivity contribution in [2.45, 2.75) is 25.8 Å².